The van der Waals surface area contributed by atoms with Crippen molar-refractivity contribution in [3.63, 3.8) is 0 Å². The largest absolute Gasteiger partial charge is 0.0961 e. The van der Waals surface area contributed by atoms with E-state index in [-0.39, 0.29) is 0 Å². The maximum Gasteiger partial charge on any atom is -0.0182 e. The first-order valence-electron chi connectivity index (χ1n) is 6.79. The van der Waals surface area contributed by atoms with Crippen molar-refractivity contribution in [1.82, 2.24) is 0 Å². The van der Waals surface area contributed by atoms with Gasteiger partial charge in [-0.25, -0.2) is 0 Å². The molecule has 0 radical (unpaired) electrons. The average Bonchev–Trinajstić information content (AvgIpc) is 2.45. The third-order valence-corrected chi connectivity index (χ3v) is 2.53. The summed E-state index contributed by atoms with van der Waals surface area (Å²) in [4.78, 5) is 0. The fraction of sp³-hybridized carbons (Fsp3) is 0.100. The molecule has 0 aliphatic carbocycles. The molecule has 0 aliphatic rings. The van der Waals surface area contributed by atoms with Gasteiger partial charge in [0.1, 0.15) is 0 Å². The van der Waals surface area contributed by atoms with Gasteiger partial charge in [0.15, 0.2) is 0 Å². The smallest absolute Gasteiger partial charge is 0.0182 e. The molecule has 0 spiro atoms. The molecule has 1 rings (SSSR count). The molecule has 0 aromatic heterocycles. The standard InChI is InChI=1S/C20H22/c1-4-5-6-7-8-9-11-16-20(17-18(2)3)19-14-12-10-13-15-19/h4-17H,2H2,1,3H3/b5-4-,7-6-,9-8+,16-11+,20-17+. The molecule has 0 N–H and O–H groups in total. The van der Waals surface area contributed by atoms with Crippen LogP contribution in [0.5, 0.6) is 0 Å². The molecule has 1 aromatic carbocycles. The zero-order chi connectivity index (χ0) is 14.6. The van der Waals surface area contributed by atoms with Crippen molar-refractivity contribution in [2.75, 3.05) is 0 Å². The molecule has 0 bridgehead atoms. The van der Waals surface area contributed by atoms with Crippen LogP contribution in [0, 0.1) is 0 Å². The maximum atomic E-state index is 3.95. The van der Waals surface area contributed by atoms with Crippen LogP contribution in [-0.4, -0.2) is 0 Å². The van der Waals surface area contributed by atoms with Gasteiger partial charge in [0.2, 0.25) is 0 Å². The van der Waals surface area contributed by atoms with Crippen LogP contribution in [0.15, 0.2) is 97.2 Å². The van der Waals surface area contributed by atoms with Crippen molar-refractivity contribution < 1.29 is 0 Å². The number of hydrogen-bond donors (Lipinski definition) is 0. The summed E-state index contributed by atoms with van der Waals surface area (Å²) in [6.45, 7) is 7.96. The van der Waals surface area contributed by atoms with Crippen LogP contribution in [0.3, 0.4) is 0 Å². The van der Waals surface area contributed by atoms with Crippen LogP contribution in [0.1, 0.15) is 19.4 Å². The minimum atomic E-state index is 1.05. The summed E-state index contributed by atoms with van der Waals surface area (Å²) in [6, 6.07) is 10.3. The molecule has 0 amide bonds. The Kier molecular flexibility index (Phi) is 7.52. The Hall–Kier alpha value is -2.34. The lowest BCUT2D eigenvalue weighted by Crippen LogP contribution is -1.80. The first-order valence-corrected chi connectivity index (χ1v) is 6.79. The van der Waals surface area contributed by atoms with E-state index in [2.05, 4.69) is 30.9 Å². The highest BCUT2D eigenvalue weighted by Gasteiger charge is 1.95. The normalized spacial score (nSPS) is 13.2. The Morgan fingerprint density at radius 3 is 2.10 bits per heavy atom. The summed E-state index contributed by atoms with van der Waals surface area (Å²) in [7, 11) is 0. The molecule has 0 saturated heterocycles. The van der Waals surface area contributed by atoms with Crippen molar-refractivity contribution in [3.05, 3.63) is 103 Å². The van der Waals surface area contributed by atoms with Gasteiger partial charge >= 0.3 is 0 Å². The third-order valence-electron chi connectivity index (χ3n) is 2.53. The summed E-state index contributed by atoms with van der Waals surface area (Å²) in [6.07, 6.45) is 18.3. The number of rotatable bonds is 6. The number of hydrogen-bond acceptors (Lipinski definition) is 0. The fourth-order valence-corrected chi connectivity index (χ4v) is 1.65. The number of benzene rings is 1. The Labute approximate surface area is 122 Å². The predicted octanol–water partition coefficient (Wildman–Crippen LogP) is 5.89. The molecule has 0 heteroatoms. The van der Waals surface area contributed by atoms with E-state index in [0.717, 1.165) is 5.57 Å². The van der Waals surface area contributed by atoms with Crippen molar-refractivity contribution >= 4 is 5.57 Å². The summed E-state index contributed by atoms with van der Waals surface area (Å²) in [5.74, 6) is 0. The second kappa shape index (κ2) is 9.57. The van der Waals surface area contributed by atoms with Gasteiger partial charge in [0.25, 0.3) is 0 Å². The SMILES string of the molecule is C=C(C)\C=C(/C=C/C=C/C=C\C=C/C)c1ccccc1. The van der Waals surface area contributed by atoms with Crippen molar-refractivity contribution in [2.45, 2.75) is 13.8 Å². The Bertz CT molecular complexity index is 549. The predicted molar refractivity (Wildman–Crippen MR) is 91.5 cm³/mol. The van der Waals surface area contributed by atoms with E-state index in [0.29, 0.717) is 0 Å². The van der Waals surface area contributed by atoms with E-state index in [1.165, 1.54) is 11.1 Å². The molecule has 0 fully saturated rings. The number of allylic oxidation sites excluding steroid dienone is 11. The highest BCUT2D eigenvalue weighted by atomic mass is 14.0. The minimum absolute atomic E-state index is 1.05. The van der Waals surface area contributed by atoms with Gasteiger partial charge < -0.3 is 0 Å². The molecule has 0 unspecified atom stereocenters. The molecule has 0 aliphatic heterocycles. The van der Waals surface area contributed by atoms with E-state index in [4.69, 9.17) is 0 Å². The monoisotopic (exact) mass is 262 g/mol. The highest BCUT2D eigenvalue weighted by molar-refractivity contribution is 5.76. The van der Waals surface area contributed by atoms with Gasteiger partial charge in [-0.15, -0.1) is 0 Å². The molecule has 102 valence electrons. The molecular weight excluding hydrogens is 240 g/mol. The van der Waals surface area contributed by atoms with Crippen LogP contribution < -0.4 is 0 Å². The first-order chi connectivity index (χ1) is 9.74. The summed E-state index contributed by atoms with van der Waals surface area (Å²) < 4.78 is 0. The Morgan fingerprint density at radius 2 is 1.50 bits per heavy atom. The van der Waals surface area contributed by atoms with E-state index < -0.39 is 0 Å². The minimum Gasteiger partial charge on any atom is -0.0961 e. The van der Waals surface area contributed by atoms with E-state index in [1.807, 2.05) is 74.6 Å². The summed E-state index contributed by atoms with van der Waals surface area (Å²) in [5, 5.41) is 0. The average molecular weight is 262 g/mol. The molecular formula is C20H22. The second-order valence-electron chi connectivity index (χ2n) is 4.47. The van der Waals surface area contributed by atoms with E-state index in [9.17, 15) is 0 Å². The molecule has 0 saturated carbocycles. The van der Waals surface area contributed by atoms with Crippen LogP contribution in [0.4, 0.5) is 0 Å². The Morgan fingerprint density at radius 1 is 0.900 bits per heavy atom. The fourth-order valence-electron chi connectivity index (χ4n) is 1.65. The van der Waals surface area contributed by atoms with Gasteiger partial charge in [-0.1, -0.05) is 97.2 Å². The van der Waals surface area contributed by atoms with E-state index >= 15 is 0 Å². The lowest BCUT2D eigenvalue weighted by molar-refractivity contribution is 1.54. The van der Waals surface area contributed by atoms with Crippen molar-refractivity contribution in [1.29, 1.82) is 0 Å². The van der Waals surface area contributed by atoms with Gasteiger partial charge in [0, 0.05) is 0 Å². The van der Waals surface area contributed by atoms with Crippen LogP contribution in [-0.2, 0) is 0 Å². The zero-order valence-electron chi connectivity index (χ0n) is 12.3. The lowest BCUT2D eigenvalue weighted by atomic mass is 10.0. The first kappa shape index (κ1) is 15.7. The van der Waals surface area contributed by atoms with Gasteiger partial charge in [-0.2, -0.15) is 0 Å². The topological polar surface area (TPSA) is 0 Å². The van der Waals surface area contributed by atoms with Gasteiger partial charge in [-0.05, 0) is 25.0 Å². The summed E-state index contributed by atoms with van der Waals surface area (Å²) >= 11 is 0. The summed E-state index contributed by atoms with van der Waals surface area (Å²) in [5.41, 5.74) is 3.41. The van der Waals surface area contributed by atoms with Crippen LogP contribution >= 0.6 is 0 Å². The van der Waals surface area contributed by atoms with Crippen molar-refractivity contribution in [3.8, 4) is 0 Å². The third kappa shape index (κ3) is 6.55. The van der Waals surface area contributed by atoms with E-state index in [1.54, 1.807) is 0 Å². The second-order valence-corrected chi connectivity index (χ2v) is 4.47. The van der Waals surface area contributed by atoms with Crippen LogP contribution in [0.2, 0.25) is 0 Å². The molecule has 20 heavy (non-hydrogen) atoms. The van der Waals surface area contributed by atoms with Gasteiger partial charge in [0.05, 0.1) is 0 Å². The Balaban J connectivity index is 2.80. The molecule has 1 aromatic rings. The van der Waals surface area contributed by atoms with Crippen LogP contribution in [0.25, 0.3) is 5.57 Å². The maximum absolute atomic E-state index is 3.95. The quantitative estimate of drug-likeness (QED) is 0.561. The molecule has 0 heterocycles. The lowest BCUT2D eigenvalue weighted by Gasteiger charge is -2.02. The molecule has 0 atom stereocenters. The van der Waals surface area contributed by atoms with Crippen molar-refractivity contribution in [2.24, 2.45) is 0 Å². The molecule has 0 nitrogen and oxygen atoms in total. The van der Waals surface area contributed by atoms with Gasteiger partial charge in [-0.3, -0.25) is 0 Å². The highest BCUT2D eigenvalue weighted by Crippen LogP contribution is 2.17. The zero-order valence-corrected chi connectivity index (χ0v) is 12.3.